The Morgan fingerprint density at radius 1 is 0.935 bits per heavy atom. The first-order chi connectivity index (χ1) is 14.6. The minimum absolute atomic E-state index is 0. The van der Waals surface area contributed by atoms with Crippen LogP contribution >= 0.6 is 23.2 Å². The summed E-state index contributed by atoms with van der Waals surface area (Å²) in [5.41, 5.74) is 3.14. The molecule has 3 aromatic rings. The Morgan fingerprint density at radius 2 is 1.55 bits per heavy atom. The van der Waals surface area contributed by atoms with Crippen LogP contribution in [0, 0.1) is 0 Å². The van der Waals surface area contributed by atoms with E-state index in [0.29, 0.717) is 18.2 Å². The number of halogens is 3. The summed E-state index contributed by atoms with van der Waals surface area (Å²) in [6.45, 7) is 4.79. The molecule has 0 radical (unpaired) electrons. The van der Waals surface area contributed by atoms with Gasteiger partial charge in [0.05, 0.1) is 6.54 Å². The number of quaternary nitrogens is 1. The molecule has 0 atom stereocenters. The maximum atomic E-state index is 6.00. The Bertz CT molecular complexity index is 975. The van der Waals surface area contributed by atoms with E-state index in [1.807, 2.05) is 78.1 Å². The van der Waals surface area contributed by atoms with Crippen molar-refractivity contribution in [1.29, 1.82) is 0 Å². The van der Waals surface area contributed by atoms with Crippen molar-refractivity contribution < 1.29 is 27.0 Å². The van der Waals surface area contributed by atoms with E-state index in [0.717, 1.165) is 34.5 Å². The molecule has 4 nitrogen and oxygen atoms in total. The highest BCUT2D eigenvalue weighted by Crippen LogP contribution is 2.15. The van der Waals surface area contributed by atoms with Gasteiger partial charge in [-0.3, -0.25) is 5.32 Å². The number of guanidine groups is 1. The van der Waals surface area contributed by atoms with Gasteiger partial charge >= 0.3 is 5.96 Å². The molecule has 7 heteroatoms. The molecule has 3 aromatic carbocycles. The summed E-state index contributed by atoms with van der Waals surface area (Å²) in [5.74, 6) is 1.57. The van der Waals surface area contributed by atoms with Crippen LogP contribution in [0.3, 0.4) is 0 Å². The van der Waals surface area contributed by atoms with Gasteiger partial charge in [0.15, 0.2) is 0 Å². The molecule has 0 heterocycles. The largest absolute Gasteiger partial charge is 1.00 e. The van der Waals surface area contributed by atoms with E-state index in [1.54, 1.807) is 6.08 Å². The molecule has 31 heavy (non-hydrogen) atoms. The fourth-order valence-electron chi connectivity index (χ4n) is 2.73. The highest BCUT2D eigenvalue weighted by Gasteiger charge is 2.08. The fourth-order valence-corrected chi connectivity index (χ4v) is 2.98. The first kappa shape index (κ1) is 25.0. The zero-order valence-corrected chi connectivity index (χ0v) is 20.0. The zero-order valence-electron chi connectivity index (χ0n) is 16.9. The Labute approximate surface area is 203 Å². The quantitative estimate of drug-likeness (QED) is 0.207. The second-order valence-electron chi connectivity index (χ2n) is 6.59. The van der Waals surface area contributed by atoms with Gasteiger partial charge in [-0.2, -0.15) is 0 Å². The zero-order chi connectivity index (χ0) is 21.2. The number of hydrogen-bond donors (Lipinski definition) is 2. The molecule has 162 valence electrons. The van der Waals surface area contributed by atoms with Crippen LogP contribution in [-0.2, 0) is 6.42 Å². The number of benzene rings is 3. The van der Waals surface area contributed by atoms with Gasteiger partial charge < -0.3 is 21.7 Å². The van der Waals surface area contributed by atoms with Crippen LogP contribution in [-0.4, -0.2) is 19.1 Å². The summed E-state index contributed by atoms with van der Waals surface area (Å²) in [5, 5.41) is 6.81. The lowest BCUT2D eigenvalue weighted by molar-refractivity contribution is -0.444. The molecule has 0 aromatic heterocycles. The molecule has 0 unspecified atom stereocenters. The maximum Gasteiger partial charge on any atom is 0.303 e. The molecule has 0 amide bonds. The lowest BCUT2D eigenvalue weighted by atomic mass is 10.1. The first-order valence-electron chi connectivity index (χ1n) is 9.62. The van der Waals surface area contributed by atoms with Gasteiger partial charge in [-0.25, -0.2) is 10.3 Å². The topological polar surface area (TPSA) is 50.2 Å². The van der Waals surface area contributed by atoms with Crippen molar-refractivity contribution in [2.75, 3.05) is 18.5 Å². The van der Waals surface area contributed by atoms with E-state index < -0.39 is 0 Å². The van der Waals surface area contributed by atoms with E-state index in [2.05, 4.69) is 11.9 Å². The summed E-state index contributed by atoms with van der Waals surface area (Å²) >= 11 is 12.0. The normalized spacial score (nSPS) is 10.8. The van der Waals surface area contributed by atoms with E-state index in [-0.39, 0.29) is 17.0 Å². The molecular weight excluding hydrogens is 497 g/mol. The Kier molecular flexibility index (Phi) is 10.6. The van der Waals surface area contributed by atoms with Crippen molar-refractivity contribution in [3.8, 4) is 5.75 Å². The Morgan fingerprint density at radius 3 is 2.16 bits per heavy atom. The highest BCUT2D eigenvalue weighted by atomic mass is 79.9. The van der Waals surface area contributed by atoms with Crippen LogP contribution < -0.4 is 32.4 Å². The predicted octanol–water partition coefficient (Wildman–Crippen LogP) is 2.47. The summed E-state index contributed by atoms with van der Waals surface area (Å²) in [6, 6.07) is 23.3. The van der Waals surface area contributed by atoms with Crippen molar-refractivity contribution in [1.82, 2.24) is 0 Å². The molecule has 0 fully saturated rings. The first-order valence-corrected chi connectivity index (χ1v) is 10.4. The summed E-state index contributed by atoms with van der Waals surface area (Å²) in [6.07, 6.45) is 2.55. The standard InChI is InChI=1S/C24H23Cl2N3O.BrH/c1-2-17-30-23-13-11-22(12-14-23)29-24(28-21-9-7-20(26)8-10-21)27-16-15-18-3-5-19(25)6-4-18;/h2-14H,1,15-17H2,(H2,27,28,29);1H. The lowest BCUT2D eigenvalue weighted by Crippen LogP contribution is -3.00. The monoisotopic (exact) mass is 519 g/mol. The number of aliphatic imine (C=N–C) groups is 1. The van der Waals surface area contributed by atoms with Crippen molar-refractivity contribution in [2.24, 2.45) is 4.99 Å². The van der Waals surface area contributed by atoms with E-state index in [9.17, 15) is 0 Å². The number of rotatable bonds is 8. The van der Waals surface area contributed by atoms with Crippen molar-refractivity contribution in [3.05, 3.63) is 101 Å². The number of nitrogens with two attached hydrogens (primary N) is 1. The molecule has 0 aliphatic carbocycles. The molecule has 0 saturated carbocycles. The lowest BCUT2D eigenvalue weighted by Gasteiger charge is -2.09. The molecular formula is C24H24BrCl2N3O. The van der Waals surface area contributed by atoms with Gasteiger partial charge in [0.2, 0.25) is 0 Å². The van der Waals surface area contributed by atoms with Gasteiger partial charge in [-0.1, -0.05) is 48.0 Å². The second kappa shape index (κ2) is 13.2. The number of anilines is 1. The average molecular weight is 521 g/mol. The summed E-state index contributed by atoms with van der Waals surface area (Å²) < 4.78 is 5.54. The Balaban J connectivity index is 0.00000341. The van der Waals surface area contributed by atoms with Gasteiger partial charge in [-0.15, -0.1) is 0 Å². The van der Waals surface area contributed by atoms with E-state index >= 15 is 0 Å². The predicted molar refractivity (Wildman–Crippen MR) is 126 cm³/mol. The van der Waals surface area contributed by atoms with E-state index in [4.69, 9.17) is 32.9 Å². The van der Waals surface area contributed by atoms with Gasteiger partial charge in [0, 0.05) is 27.9 Å². The smallest absolute Gasteiger partial charge is 0.303 e. The van der Waals surface area contributed by atoms with Gasteiger partial charge in [-0.05, 0) is 60.5 Å². The minimum Gasteiger partial charge on any atom is -1.00 e. The van der Waals surface area contributed by atoms with Crippen LogP contribution in [0.15, 0.2) is 90.4 Å². The fraction of sp³-hybridized carbons (Fsp3) is 0.125. The number of ether oxygens (including phenoxy) is 1. The highest BCUT2D eigenvalue weighted by molar-refractivity contribution is 6.30. The minimum atomic E-state index is 0. The van der Waals surface area contributed by atoms with Crippen LogP contribution in [0.5, 0.6) is 5.75 Å². The van der Waals surface area contributed by atoms with Crippen molar-refractivity contribution in [3.63, 3.8) is 0 Å². The SMILES string of the molecule is C=CCOc1ccc([NH2+]C(=NCCc2ccc(Cl)cc2)Nc2ccc(Cl)cc2)cc1.[Br-]. The van der Waals surface area contributed by atoms with Crippen LogP contribution in [0.2, 0.25) is 10.0 Å². The van der Waals surface area contributed by atoms with Crippen molar-refractivity contribution >= 4 is 40.5 Å². The number of nitrogens with zero attached hydrogens (tertiary/aromatic N) is 1. The average Bonchev–Trinajstić information content (AvgIpc) is 2.76. The molecule has 3 rings (SSSR count). The van der Waals surface area contributed by atoms with Crippen LogP contribution in [0.4, 0.5) is 11.4 Å². The second-order valence-corrected chi connectivity index (χ2v) is 7.46. The molecule has 0 bridgehead atoms. The van der Waals surface area contributed by atoms with Gasteiger partial charge in [0.1, 0.15) is 18.0 Å². The van der Waals surface area contributed by atoms with Crippen LogP contribution in [0.1, 0.15) is 5.56 Å². The summed E-state index contributed by atoms with van der Waals surface area (Å²) in [7, 11) is 0. The Hall–Kier alpha value is -2.31. The third-order valence-electron chi connectivity index (χ3n) is 4.26. The molecule has 0 spiro atoms. The number of hydrogen-bond acceptors (Lipinski definition) is 2. The molecule has 3 N–H and O–H groups in total. The third kappa shape index (κ3) is 8.75. The van der Waals surface area contributed by atoms with Gasteiger partial charge in [0.25, 0.3) is 0 Å². The third-order valence-corrected chi connectivity index (χ3v) is 4.77. The molecule has 0 aliphatic rings. The van der Waals surface area contributed by atoms with E-state index in [1.165, 1.54) is 5.56 Å². The molecule has 0 aliphatic heterocycles. The maximum absolute atomic E-state index is 6.00. The van der Waals surface area contributed by atoms with Crippen LogP contribution in [0.25, 0.3) is 0 Å². The number of nitrogens with one attached hydrogen (secondary N) is 1. The summed E-state index contributed by atoms with van der Waals surface area (Å²) in [4.78, 5) is 4.77. The molecule has 0 saturated heterocycles. The van der Waals surface area contributed by atoms with Crippen molar-refractivity contribution in [2.45, 2.75) is 6.42 Å².